The van der Waals surface area contributed by atoms with Crippen LogP contribution in [-0.2, 0) is 24.0 Å². The van der Waals surface area contributed by atoms with Crippen molar-refractivity contribution in [2.45, 2.75) is 83.8 Å². The molecular formula is C18H30O5. The van der Waals surface area contributed by atoms with Gasteiger partial charge in [-0.1, -0.05) is 20.8 Å². The number of ether oxygens (including phenoxy) is 3. The smallest absolute Gasteiger partial charge is 0.201 e. The van der Waals surface area contributed by atoms with Gasteiger partial charge in [0.15, 0.2) is 18.2 Å². The summed E-state index contributed by atoms with van der Waals surface area (Å²) in [6, 6.07) is 0. The van der Waals surface area contributed by atoms with Gasteiger partial charge in [-0.15, -0.1) is 0 Å². The van der Waals surface area contributed by atoms with E-state index < -0.39 is 11.4 Å². The van der Waals surface area contributed by atoms with Gasteiger partial charge in [-0.3, -0.25) is 0 Å². The van der Waals surface area contributed by atoms with Gasteiger partial charge in [-0.25, -0.2) is 9.78 Å². The molecule has 1 aliphatic carbocycles. The van der Waals surface area contributed by atoms with Crippen LogP contribution in [-0.4, -0.2) is 30.6 Å². The normalized spacial score (nSPS) is 55.3. The highest BCUT2D eigenvalue weighted by Gasteiger charge is 2.69. The minimum atomic E-state index is -0.701. The fourth-order valence-corrected chi connectivity index (χ4v) is 5.30. The zero-order valence-corrected chi connectivity index (χ0v) is 14.7. The van der Waals surface area contributed by atoms with Gasteiger partial charge in [0.05, 0.1) is 0 Å². The summed E-state index contributed by atoms with van der Waals surface area (Å²) < 4.78 is 18.6. The molecule has 4 aliphatic heterocycles. The first kappa shape index (κ1) is 16.3. The minimum Gasteiger partial charge on any atom is -0.352 e. The lowest BCUT2D eigenvalue weighted by Gasteiger charge is -2.60. The Labute approximate surface area is 138 Å². The molecule has 4 saturated heterocycles. The van der Waals surface area contributed by atoms with Crippen LogP contribution in [0.5, 0.6) is 0 Å². The van der Waals surface area contributed by atoms with Crippen LogP contribution >= 0.6 is 0 Å². The summed E-state index contributed by atoms with van der Waals surface area (Å²) in [5.74, 6) is 0.956. The van der Waals surface area contributed by atoms with Crippen LogP contribution in [0, 0.1) is 23.7 Å². The molecule has 2 bridgehead atoms. The van der Waals surface area contributed by atoms with E-state index in [1.165, 1.54) is 6.42 Å². The summed E-state index contributed by atoms with van der Waals surface area (Å²) in [4.78, 5) is 11.9. The number of hydrogen-bond donors (Lipinski definition) is 0. The van der Waals surface area contributed by atoms with Crippen molar-refractivity contribution >= 4 is 0 Å². The molecular weight excluding hydrogens is 296 g/mol. The predicted octanol–water partition coefficient (Wildman–Crippen LogP) is 3.62. The molecule has 5 heteroatoms. The molecule has 2 unspecified atom stereocenters. The maximum absolute atomic E-state index is 6.31. The average molecular weight is 326 g/mol. The number of fused-ring (bicyclic) bond motifs is 2. The molecule has 0 radical (unpaired) electrons. The Morgan fingerprint density at radius 1 is 1.09 bits per heavy atom. The molecule has 5 aliphatic rings. The van der Waals surface area contributed by atoms with Crippen molar-refractivity contribution in [3.63, 3.8) is 0 Å². The highest BCUT2D eigenvalue weighted by molar-refractivity contribution is 5.09. The van der Waals surface area contributed by atoms with E-state index in [4.69, 9.17) is 24.0 Å². The van der Waals surface area contributed by atoms with Crippen molar-refractivity contribution < 1.29 is 24.0 Å². The van der Waals surface area contributed by atoms with Crippen LogP contribution < -0.4 is 0 Å². The predicted molar refractivity (Wildman–Crippen MR) is 83.1 cm³/mol. The third kappa shape index (κ3) is 2.31. The Bertz CT molecular complexity index is 457. The molecule has 0 aromatic heterocycles. The van der Waals surface area contributed by atoms with Gasteiger partial charge in [0.25, 0.3) is 0 Å². The standard InChI is InChI=1S/C18H30O5/c1-5-10-19-15-12(3)14-7-6-11(2)13-8-9-17(4)21-16(20-15)18(13,14)23-22-17/h11-16H,5-10H2,1-4H3/t11-,12-,13?,14?,15+,16-,17+,18-/m1/s1. The summed E-state index contributed by atoms with van der Waals surface area (Å²) in [7, 11) is 0. The van der Waals surface area contributed by atoms with Gasteiger partial charge in [0, 0.05) is 24.9 Å². The van der Waals surface area contributed by atoms with Crippen molar-refractivity contribution in [2.75, 3.05) is 6.61 Å². The molecule has 132 valence electrons. The van der Waals surface area contributed by atoms with E-state index in [1.807, 2.05) is 6.92 Å². The van der Waals surface area contributed by atoms with Gasteiger partial charge in [0.1, 0.15) is 0 Å². The van der Waals surface area contributed by atoms with E-state index in [2.05, 4.69) is 20.8 Å². The summed E-state index contributed by atoms with van der Waals surface area (Å²) in [5, 5.41) is 0. The maximum atomic E-state index is 6.31. The van der Waals surface area contributed by atoms with Crippen molar-refractivity contribution in [1.29, 1.82) is 0 Å². The molecule has 1 saturated carbocycles. The summed E-state index contributed by atoms with van der Waals surface area (Å²) in [5.41, 5.74) is -0.473. The quantitative estimate of drug-likeness (QED) is 0.741. The van der Waals surface area contributed by atoms with Crippen molar-refractivity contribution in [1.82, 2.24) is 0 Å². The van der Waals surface area contributed by atoms with Crippen LogP contribution in [0.4, 0.5) is 0 Å². The van der Waals surface area contributed by atoms with Crippen molar-refractivity contribution in [2.24, 2.45) is 23.7 Å². The van der Waals surface area contributed by atoms with Gasteiger partial charge >= 0.3 is 0 Å². The van der Waals surface area contributed by atoms with Crippen LogP contribution in [0.2, 0.25) is 0 Å². The van der Waals surface area contributed by atoms with Crippen LogP contribution in [0.25, 0.3) is 0 Å². The third-order valence-electron chi connectivity index (χ3n) is 6.58. The highest BCUT2D eigenvalue weighted by Crippen LogP contribution is 2.60. The van der Waals surface area contributed by atoms with Crippen LogP contribution in [0.3, 0.4) is 0 Å². The Morgan fingerprint density at radius 2 is 1.91 bits per heavy atom. The Kier molecular flexibility index (Phi) is 4.01. The average Bonchev–Trinajstić information content (AvgIpc) is 2.76. The first-order valence-corrected chi connectivity index (χ1v) is 9.32. The summed E-state index contributed by atoms with van der Waals surface area (Å²) in [6.07, 6.45) is 4.66. The number of rotatable bonds is 3. The fraction of sp³-hybridized carbons (Fsp3) is 1.00. The zero-order valence-electron chi connectivity index (χ0n) is 14.7. The largest absolute Gasteiger partial charge is 0.352 e. The summed E-state index contributed by atoms with van der Waals surface area (Å²) in [6.45, 7) is 9.36. The Hall–Kier alpha value is -0.200. The lowest BCUT2D eigenvalue weighted by atomic mass is 9.58. The van der Waals surface area contributed by atoms with Gasteiger partial charge in [-0.2, -0.15) is 0 Å². The second kappa shape index (κ2) is 5.67. The van der Waals surface area contributed by atoms with E-state index >= 15 is 0 Å². The summed E-state index contributed by atoms with van der Waals surface area (Å²) >= 11 is 0. The maximum Gasteiger partial charge on any atom is 0.201 e. The SMILES string of the molecule is CCCO[C@H]1O[C@@H]2O[C@]3(C)CCC4[C@H](C)CCC([C@H]1C)[C@]42OO3. The van der Waals surface area contributed by atoms with E-state index in [9.17, 15) is 0 Å². The molecule has 5 rings (SSSR count). The fourth-order valence-electron chi connectivity index (χ4n) is 5.30. The molecule has 4 heterocycles. The van der Waals surface area contributed by atoms with Crippen LogP contribution in [0.1, 0.15) is 59.8 Å². The molecule has 5 nitrogen and oxygen atoms in total. The minimum absolute atomic E-state index is 0.212. The lowest BCUT2D eigenvalue weighted by Crippen LogP contribution is -2.70. The molecule has 0 aromatic rings. The molecule has 0 N–H and O–H groups in total. The number of hydrogen-bond acceptors (Lipinski definition) is 5. The molecule has 1 spiro atoms. The molecule has 0 aromatic carbocycles. The molecule has 0 amide bonds. The molecule has 23 heavy (non-hydrogen) atoms. The van der Waals surface area contributed by atoms with Gasteiger partial charge in [0.2, 0.25) is 5.79 Å². The van der Waals surface area contributed by atoms with Crippen molar-refractivity contribution in [3.05, 3.63) is 0 Å². The Balaban J connectivity index is 1.70. The zero-order chi connectivity index (χ0) is 16.2. The van der Waals surface area contributed by atoms with E-state index in [1.54, 1.807) is 0 Å². The van der Waals surface area contributed by atoms with E-state index in [-0.39, 0.29) is 18.5 Å². The molecule has 5 fully saturated rings. The van der Waals surface area contributed by atoms with Gasteiger partial charge < -0.3 is 14.2 Å². The topological polar surface area (TPSA) is 46.2 Å². The Morgan fingerprint density at radius 3 is 2.70 bits per heavy atom. The second-order valence-corrected chi connectivity index (χ2v) is 8.14. The first-order chi connectivity index (χ1) is 11.0. The lowest BCUT2D eigenvalue weighted by molar-refractivity contribution is -0.577. The van der Waals surface area contributed by atoms with E-state index in [0.29, 0.717) is 17.8 Å². The monoisotopic (exact) mass is 326 g/mol. The van der Waals surface area contributed by atoms with Crippen molar-refractivity contribution in [3.8, 4) is 0 Å². The molecule has 8 atom stereocenters. The van der Waals surface area contributed by atoms with E-state index in [0.717, 1.165) is 32.3 Å². The van der Waals surface area contributed by atoms with Crippen LogP contribution in [0.15, 0.2) is 0 Å². The van der Waals surface area contributed by atoms with Gasteiger partial charge in [-0.05, 0) is 44.4 Å². The third-order valence-corrected chi connectivity index (χ3v) is 6.58. The second-order valence-electron chi connectivity index (χ2n) is 8.14. The first-order valence-electron chi connectivity index (χ1n) is 9.32. The highest BCUT2D eigenvalue weighted by atomic mass is 17.3.